The highest BCUT2D eigenvalue weighted by Crippen LogP contribution is 2.55. The third-order valence-electron chi connectivity index (χ3n) is 14.9. The van der Waals surface area contributed by atoms with E-state index in [4.69, 9.17) is 9.40 Å². The maximum Gasteiger partial charge on any atom is 0.135 e. The molecular weight excluding hydrogens is 803 g/mol. The monoisotopic (exact) mass is 841 g/mol. The molecule has 0 unspecified atom stereocenters. The normalized spacial score (nSPS) is 13.4. The summed E-state index contributed by atoms with van der Waals surface area (Å²) in [4.78, 5) is 5.22. The lowest BCUT2D eigenvalue weighted by molar-refractivity contribution is 0.667. The van der Waals surface area contributed by atoms with Crippen LogP contribution in [0.15, 0.2) is 205 Å². The highest BCUT2D eigenvalue weighted by Gasteiger charge is 2.39. The standard InChI is InChI=1S/C62H39N3O/c1-62(2)52-34-48-43-19-9-7-17-41(43)40-16-6-8-18-42(40)47(48)33-49(52)45-26-28-55-59(60(45)62)51-30-36(24-27-54(51)65(55)39-25-29-58-50(32-39)44-20-11-13-23-57(44)66-58)37-31-56-61(63-35-37)46-21-10-12-22-53(46)64(56)38-14-4-3-5-15-38/h3-35H,1-2H3. The number of para-hydroxylation sites is 3. The molecule has 4 heterocycles. The van der Waals surface area contributed by atoms with Gasteiger partial charge in [-0.3, -0.25) is 4.98 Å². The molecule has 1 aliphatic carbocycles. The van der Waals surface area contributed by atoms with Crippen molar-refractivity contribution in [3.8, 4) is 33.6 Å². The first-order chi connectivity index (χ1) is 32.5. The van der Waals surface area contributed by atoms with Gasteiger partial charge < -0.3 is 13.6 Å². The molecule has 0 N–H and O–H groups in total. The summed E-state index contributed by atoms with van der Waals surface area (Å²) in [5.41, 5.74) is 16.9. The number of rotatable bonds is 3. The maximum absolute atomic E-state index is 6.34. The number of fused-ring (bicyclic) bond motifs is 19. The summed E-state index contributed by atoms with van der Waals surface area (Å²) in [6.07, 6.45) is 2.06. The van der Waals surface area contributed by atoms with Gasteiger partial charge in [0.2, 0.25) is 0 Å². The van der Waals surface area contributed by atoms with E-state index in [1.165, 1.54) is 70.9 Å². The maximum atomic E-state index is 6.34. The molecule has 4 aromatic heterocycles. The number of aromatic nitrogens is 3. The summed E-state index contributed by atoms with van der Waals surface area (Å²) in [7, 11) is 0. The SMILES string of the molecule is CC1(C)c2cc3c4ccccc4c4ccccc4c3cc2-c2ccc3c(c21)c1cc(-c2cnc4c5ccccc5n(-c5ccccc5)c4c2)ccc1n3-c1ccc2oc3ccccc3c2c1. The molecule has 4 nitrogen and oxygen atoms in total. The van der Waals surface area contributed by atoms with E-state index in [9.17, 15) is 0 Å². The Hall–Kier alpha value is -8.47. The van der Waals surface area contributed by atoms with Crippen LogP contribution in [0.25, 0.3) is 132 Å². The van der Waals surface area contributed by atoms with Crippen molar-refractivity contribution in [2.75, 3.05) is 0 Å². The third-order valence-corrected chi connectivity index (χ3v) is 14.9. The molecule has 0 aliphatic heterocycles. The van der Waals surface area contributed by atoms with Crippen LogP contribution in [0.5, 0.6) is 0 Å². The van der Waals surface area contributed by atoms with E-state index in [-0.39, 0.29) is 5.41 Å². The zero-order valence-electron chi connectivity index (χ0n) is 36.3. The number of furan rings is 1. The van der Waals surface area contributed by atoms with Crippen molar-refractivity contribution in [1.29, 1.82) is 0 Å². The highest BCUT2D eigenvalue weighted by molar-refractivity contribution is 6.27. The molecule has 1 aliphatic rings. The van der Waals surface area contributed by atoms with E-state index in [2.05, 4.69) is 217 Å². The molecule has 15 rings (SSSR count). The molecule has 0 atom stereocenters. The molecule has 0 amide bonds. The number of pyridine rings is 1. The Bertz CT molecular complexity index is 4430. The molecule has 0 bridgehead atoms. The summed E-state index contributed by atoms with van der Waals surface area (Å²) in [6.45, 7) is 4.87. The largest absolute Gasteiger partial charge is 0.456 e. The van der Waals surface area contributed by atoms with Crippen LogP contribution in [-0.2, 0) is 5.41 Å². The van der Waals surface area contributed by atoms with Gasteiger partial charge in [-0.05, 0) is 139 Å². The fourth-order valence-electron chi connectivity index (χ4n) is 12.0. The summed E-state index contributed by atoms with van der Waals surface area (Å²) in [6, 6.07) is 71.2. The average molecular weight is 842 g/mol. The predicted molar refractivity (Wildman–Crippen MR) is 276 cm³/mol. The van der Waals surface area contributed by atoms with Crippen molar-refractivity contribution in [3.05, 3.63) is 211 Å². The smallest absolute Gasteiger partial charge is 0.135 e. The van der Waals surface area contributed by atoms with Crippen LogP contribution in [0.4, 0.5) is 0 Å². The summed E-state index contributed by atoms with van der Waals surface area (Å²) in [5.74, 6) is 0. The molecule has 0 spiro atoms. The highest BCUT2D eigenvalue weighted by atomic mass is 16.3. The summed E-state index contributed by atoms with van der Waals surface area (Å²) >= 11 is 0. The first-order valence-corrected chi connectivity index (χ1v) is 22.9. The van der Waals surface area contributed by atoms with Crippen LogP contribution in [0.1, 0.15) is 25.0 Å². The topological polar surface area (TPSA) is 35.9 Å². The molecule has 308 valence electrons. The summed E-state index contributed by atoms with van der Waals surface area (Å²) in [5, 5.41) is 13.7. The molecule has 0 fully saturated rings. The predicted octanol–water partition coefficient (Wildman–Crippen LogP) is 16.6. The molecule has 66 heavy (non-hydrogen) atoms. The van der Waals surface area contributed by atoms with Crippen LogP contribution >= 0.6 is 0 Å². The van der Waals surface area contributed by atoms with Gasteiger partial charge in [0.05, 0.1) is 27.6 Å². The molecule has 4 heteroatoms. The van der Waals surface area contributed by atoms with Crippen LogP contribution in [0.2, 0.25) is 0 Å². The number of hydrogen-bond donors (Lipinski definition) is 0. The lowest BCUT2D eigenvalue weighted by Crippen LogP contribution is -2.15. The van der Waals surface area contributed by atoms with Gasteiger partial charge in [-0.2, -0.15) is 0 Å². The molecule has 10 aromatic carbocycles. The zero-order valence-corrected chi connectivity index (χ0v) is 36.3. The van der Waals surface area contributed by atoms with E-state index in [1.807, 2.05) is 6.07 Å². The minimum atomic E-state index is -0.304. The van der Waals surface area contributed by atoms with Crippen LogP contribution < -0.4 is 0 Å². The second kappa shape index (κ2) is 12.8. The Morgan fingerprint density at radius 2 is 1.02 bits per heavy atom. The van der Waals surface area contributed by atoms with E-state index in [1.54, 1.807) is 0 Å². The van der Waals surface area contributed by atoms with Gasteiger partial charge in [-0.25, -0.2) is 0 Å². The molecule has 14 aromatic rings. The van der Waals surface area contributed by atoms with Crippen molar-refractivity contribution >= 4 is 98.0 Å². The first kappa shape index (κ1) is 35.9. The Kier molecular flexibility index (Phi) is 6.99. The van der Waals surface area contributed by atoms with E-state index < -0.39 is 0 Å². The van der Waals surface area contributed by atoms with E-state index in [0.717, 1.165) is 71.9 Å². The second-order valence-corrected chi connectivity index (χ2v) is 18.7. The minimum absolute atomic E-state index is 0.304. The molecular formula is C62H39N3O. The van der Waals surface area contributed by atoms with Crippen molar-refractivity contribution in [3.63, 3.8) is 0 Å². The van der Waals surface area contributed by atoms with Crippen molar-refractivity contribution in [1.82, 2.24) is 14.1 Å². The fraction of sp³-hybridized carbons (Fsp3) is 0.0484. The van der Waals surface area contributed by atoms with Crippen LogP contribution in [0, 0.1) is 0 Å². The van der Waals surface area contributed by atoms with Crippen LogP contribution in [-0.4, -0.2) is 14.1 Å². The molecule has 0 saturated carbocycles. The van der Waals surface area contributed by atoms with Gasteiger partial charge in [0.15, 0.2) is 0 Å². The Labute approximate surface area is 379 Å². The van der Waals surface area contributed by atoms with Gasteiger partial charge in [0.1, 0.15) is 11.2 Å². The van der Waals surface area contributed by atoms with E-state index >= 15 is 0 Å². The molecule has 0 radical (unpaired) electrons. The first-order valence-electron chi connectivity index (χ1n) is 22.9. The lowest BCUT2D eigenvalue weighted by atomic mass is 9.79. The number of nitrogens with zero attached hydrogens (tertiary/aromatic N) is 3. The lowest BCUT2D eigenvalue weighted by Gasteiger charge is -2.23. The van der Waals surface area contributed by atoms with Crippen molar-refractivity contribution in [2.24, 2.45) is 0 Å². The fourth-order valence-corrected chi connectivity index (χ4v) is 12.0. The van der Waals surface area contributed by atoms with Crippen molar-refractivity contribution in [2.45, 2.75) is 19.3 Å². The minimum Gasteiger partial charge on any atom is -0.456 e. The Morgan fingerprint density at radius 3 is 1.80 bits per heavy atom. The van der Waals surface area contributed by atoms with Gasteiger partial charge >= 0.3 is 0 Å². The summed E-state index contributed by atoms with van der Waals surface area (Å²) < 4.78 is 11.2. The third kappa shape index (κ3) is 4.70. The zero-order chi connectivity index (χ0) is 43.4. The van der Waals surface area contributed by atoms with E-state index in [0.29, 0.717) is 0 Å². The van der Waals surface area contributed by atoms with Gasteiger partial charge in [0.25, 0.3) is 0 Å². The van der Waals surface area contributed by atoms with Gasteiger partial charge in [-0.15, -0.1) is 0 Å². The van der Waals surface area contributed by atoms with Crippen molar-refractivity contribution < 1.29 is 4.42 Å². The molecule has 0 saturated heterocycles. The number of hydrogen-bond acceptors (Lipinski definition) is 2. The second-order valence-electron chi connectivity index (χ2n) is 18.7. The Balaban J connectivity index is 1.02. The average Bonchev–Trinajstić information content (AvgIpc) is 4.08. The Morgan fingerprint density at radius 1 is 0.394 bits per heavy atom. The van der Waals surface area contributed by atoms with Gasteiger partial charge in [0, 0.05) is 55.5 Å². The quantitative estimate of drug-likeness (QED) is 0.166. The van der Waals surface area contributed by atoms with Crippen LogP contribution in [0.3, 0.4) is 0 Å². The number of benzene rings is 10. The van der Waals surface area contributed by atoms with Gasteiger partial charge in [-0.1, -0.05) is 129 Å².